The van der Waals surface area contributed by atoms with E-state index in [9.17, 15) is 8.42 Å². The number of hydrogen-bond donors (Lipinski definition) is 2. The molecule has 2 N–H and O–H groups in total. The summed E-state index contributed by atoms with van der Waals surface area (Å²) in [6, 6.07) is 5.61. The lowest BCUT2D eigenvalue weighted by Crippen LogP contribution is -2.25. The van der Waals surface area contributed by atoms with Gasteiger partial charge in [-0.2, -0.15) is 0 Å². The average Bonchev–Trinajstić information content (AvgIpc) is 2.46. The van der Waals surface area contributed by atoms with E-state index in [-0.39, 0.29) is 0 Å². The Balaban J connectivity index is 2.72. The summed E-state index contributed by atoms with van der Waals surface area (Å²) in [7, 11) is -3.40. The highest BCUT2D eigenvalue weighted by Gasteiger charge is 2.16. The molecule has 5 heteroatoms. The quantitative estimate of drug-likeness (QED) is 0.653. The fourth-order valence-electron chi connectivity index (χ4n) is 2.15. The summed E-state index contributed by atoms with van der Waals surface area (Å²) in [5.74, 6) is 0. The van der Waals surface area contributed by atoms with Gasteiger partial charge in [-0.3, -0.25) is 0 Å². The lowest BCUT2D eigenvalue weighted by molar-refractivity contribution is 0.573. The van der Waals surface area contributed by atoms with E-state index >= 15 is 0 Å². The SMILES string of the molecule is CCCCCCNS(=O)(=O)c1cc(CNCC)ccc1C. The predicted molar refractivity (Wildman–Crippen MR) is 87.9 cm³/mol. The topological polar surface area (TPSA) is 58.2 Å². The minimum absolute atomic E-state index is 0.397. The Bertz CT molecular complexity index is 527. The summed E-state index contributed by atoms with van der Waals surface area (Å²) >= 11 is 0. The third-order valence-corrected chi connectivity index (χ3v) is 5.05. The Kier molecular flexibility index (Phi) is 7.93. The number of aryl methyl sites for hydroxylation is 1. The minimum atomic E-state index is -3.40. The molecule has 4 nitrogen and oxygen atoms in total. The predicted octanol–water partition coefficient (Wildman–Crippen LogP) is 2.96. The third-order valence-electron chi connectivity index (χ3n) is 3.44. The van der Waals surface area contributed by atoms with Crippen LogP contribution in [0.4, 0.5) is 0 Å². The largest absolute Gasteiger partial charge is 0.313 e. The summed E-state index contributed by atoms with van der Waals surface area (Å²) in [6.45, 7) is 8.08. The highest BCUT2D eigenvalue weighted by molar-refractivity contribution is 7.89. The molecule has 0 aliphatic carbocycles. The number of sulfonamides is 1. The van der Waals surface area contributed by atoms with E-state index in [1.165, 1.54) is 0 Å². The van der Waals surface area contributed by atoms with Gasteiger partial charge in [-0.05, 0) is 37.1 Å². The van der Waals surface area contributed by atoms with Gasteiger partial charge in [0, 0.05) is 13.1 Å². The molecular weight excluding hydrogens is 284 g/mol. The van der Waals surface area contributed by atoms with Gasteiger partial charge in [0.25, 0.3) is 0 Å². The monoisotopic (exact) mass is 312 g/mol. The molecule has 0 bridgehead atoms. The van der Waals surface area contributed by atoms with Crippen LogP contribution < -0.4 is 10.0 Å². The Labute approximate surface area is 129 Å². The number of hydrogen-bond acceptors (Lipinski definition) is 3. The fourth-order valence-corrected chi connectivity index (χ4v) is 3.52. The number of benzene rings is 1. The molecule has 0 unspecified atom stereocenters. The molecule has 0 heterocycles. The molecule has 1 rings (SSSR count). The van der Waals surface area contributed by atoms with Gasteiger partial charge >= 0.3 is 0 Å². The highest BCUT2D eigenvalue weighted by atomic mass is 32.2. The lowest BCUT2D eigenvalue weighted by atomic mass is 10.1. The molecule has 0 saturated heterocycles. The second kappa shape index (κ2) is 9.18. The van der Waals surface area contributed by atoms with Crippen molar-refractivity contribution in [2.45, 2.75) is 57.9 Å². The summed E-state index contributed by atoms with van der Waals surface area (Å²) < 4.78 is 27.5. The van der Waals surface area contributed by atoms with E-state index in [1.807, 2.05) is 26.0 Å². The molecule has 0 radical (unpaired) electrons. The lowest BCUT2D eigenvalue weighted by Gasteiger charge is -2.11. The van der Waals surface area contributed by atoms with E-state index in [1.54, 1.807) is 6.07 Å². The van der Waals surface area contributed by atoms with Crippen molar-refractivity contribution in [1.29, 1.82) is 0 Å². The van der Waals surface area contributed by atoms with E-state index < -0.39 is 10.0 Å². The normalized spacial score (nSPS) is 11.8. The molecule has 0 atom stereocenters. The molecule has 0 amide bonds. The van der Waals surface area contributed by atoms with Gasteiger partial charge in [0.15, 0.2) is 0 Å². The van der Waals surface area contributed by atoms with Crippen molar-refractivity contribution in [3.8, 4) is 0 Å². The van der Waals surface area contributed by atoms with Crippen LogP contribution in [0.1, 0.15) is 50.7 Å². The van der Waals surface area contributed by atoms with Crippen LogP contribution in [0.2, 0.25) is 0 Å². The van der Waals surface area contributed by atoms with Gasteiger partial charge < -0.3 is 5.32 Å². The summed E-state index contributed by atoms with van der Waals surface area (Å²) in [6.07, 6.45) is 4.26. The molecular formula is C16H28N2O2S. The van der Waals surface area contributed by atoms with Gasteiger partial charge in [0.1, 0.15) is 0 Å². The van der Waals surface area contributed by atoms with Crippen LogP contribution in [0.5, 0.6) is 0 Å². The molecule has 0 aliphatic heterocycles. The van der Waals surface area contributed by atoms with Gasteiger partial charge in [-0.15, -0.1) is 0 Å². The molecule has 0 spiro atoms. The maximum Gasteiger partial charge on any atom is 0.240 e. The zero-order valence-corrected chi connectivity index (χ0v) is 14.2. The standard InChI is InChI=1S/C16H28N2O2S/c1-4-6-7-8-11-18-21(19,20)16-12-15(13-17-5-2)10-9-14(16)3/h9-10,12,17-18H,4-8,11,13H2,1-3H3. The first kappa shape index (κ1) is 18.1. The summed E-state index contributed by atoms with van der Waals surface area (Å²) in [5, 5.41) is 3.21. The van der Waals surface area contributed by atoms with Crippen LogP contribution in [0.25, 0.3) is 0 Å². The van der Waals surface area contributed by atoms with E-state index in [2.05, 4.69) is 17.0 Å². The molecule has 120 valence electrons. The van der Waals surface area contributed by atoms with Crippen LogP contribution in [0.15, 0.2) is 23.1 Å². The molecule has 0 aliphatic rings. The number of rotatable bonds is 10. The van der Waals surface area contributed by atoms with E-state index in [0.29, 0.717) is 18.0 Å². The van der Waals surface area contributed by atoms with Gasteiger partial charge in [0.05, 0.1) is 4.90 Å². The summed E-state index contributed by atoms with van der Waals surface area (Å²) in [5.41, 5.74) is 1.78. The average molecular weight is 312 g/mol. The Hall–Kier alpha value is -0.910. The second-order valence-electron chi connectivity index (χ2n) is 5.34. The van der Waals surface area contributed by atoms with Crippen LogP contribution in [0.3, 0.4) is 0 Å². The van der Waals surface area contributed by atoms with Crippen molar-refractivity contribution in [3.63, 3.8) is 0 Å². The van der Waals surface area contributed by atoms with Crippen LogP contribution in [-0.2, 0) is 16.6 Å². The van der Waals surface area contributed by atoms with E-state index in [0.717, 1.165) is 43.4 Å². The number of nitrogens with one attached hydrogen (secondary N) is 2. The molecule has 0 saturated carbocycles. The minimum Gasteiger partial charge on any atom is -0.313 e. The van der Waals surface area contributed by atoms with Gasteiger partial charge in [0.2, 0.25) is 10.0 Å². The molecule has 0 aromatic heterocycles. The van der Waals surface area contributed by atoms with Crippen molar-refractivity contribution in [3.05, 3.63) is 29.3 Å². The Morgan fingerprint density at radius 2 is 1.86 bits per heavy atom. The maximum atomic E-state index is 12.4. The zero-order chi connectivity index (χ0) is 15.7. The van der Waals surface area contributed by atoms with Crippen LogP contribution >= 0.6 is 0 Å². The van der Waals surface area contributed by atoms with E-state index in [4.69, 9.17) is 0 Å². The number of unbranched alkanes of at least 4 members (excludes halogenated alkanes) is 3. The molecule has 1 aromatic carbocycles. The van der Waals surface area contributed by atoms with Crippen LogP contribution in [0, 0.1) is 6.92 Å². The maximum absolute atomic E-state index is 12.4. The van der Waals surface area contributed by atoms with Gasteiger partial charge in [-0.1, -0.05) is 45.2 Å². The zero-order valence-electron chi connectivity index (χ0n) is 13.4. The third kappa shape index (κ3) is 6.16. The first-order valence-corrected chi connectivity index (χ1v) is 9.29. The second-order valence-corrected chi connectivity index (χ2v) is 7.07. The first-order valence-electron chi connectivity index (χ1n) is 7.81. The van der Waals surface area contributed by atoms with Crippen molar-refractivity contribution in [1.82, 2.24) is 10.0 Å². The molecule has 0 fully saturated rings. The Morgan fingerprint density at radius 3 is 2.52 bits per heavy atom. The van der Waals surface area contributed by atoms with Crippen molar-refractivity contribution in [2.24, 2.45) is 0 Å². The van der Waals surface area contributed by atoms with Crippen LogP contribution in [-0.4, -0.2) is 21.5 Å². The highest BCUT2D eigenvalue weighted by Crippen LogP contribution is 2.17. The van der Waals surface area contributed by atoms with Crippen molar-refractivity contribution in [2.75, 3.05) is 13.1 Å². The summed E-state index contributed by atoms with van der Waals surface area (Å²) in [4.78, 5) is 0.397. The smallest absolute Gasteiger partial charge is 0.240 e. The first-order chi connectivity index (χ1) is 10.0. The molecule has 21 heavy (non-hydrogen) atoms. The molecule has 1 aromatic rings. The Morgan fingerprint density at radius 1 is 1.10 bits per heavy atom. The van der Waals surface area contributed by atoms with Gasteiger partial charge in [-0.25, -0.2) is 13.1 Å². The fraction of sp³-hybridized carbons (Fsp3) is 0.625. The van der Waals surface area contributed by atoms with Crippen molar-refractivity contribution < 1.29 is 8.42 Å². The van der Waals surface area contributed by atoms with Crippen molar-refractivity contribution >= 4 is 10.0 Å².